The molecule has 1 amide bonds. The lowest BCUT2D eigenvalue weighted by atomic mass is 10.1. The van der Waals surface area contributed by atoms with Gasteiger partial charge in [0.05, 0.1) is 16.9 Å². The molecule has 1 atom stereocenters. The van der Waals surface area contributed by atoms with Crippen LogP contribution in [-0.2, 0) is 4.79 Å². The van der Waals surface area contributed by atoms with Crippen molar-refractivity contribution in [2.75, 3.05) is 12.9 Å². The summed E-state index contributed by atoms with van der Waals surface area (Å²) in [7, 11) is 0. The van der Waals surface area contributed by atoms with Gasteiger partial charge in [-0.15, -0.1) is 5.10 Å². The summed E-state index contributed by atoms with van der Waals surface area (Å²) in [5, 5.41) is 21.9. The Balaban J connectivity index is 1.96. The van der Waals surface area contributed by atoms with Crippen molar-refractivity contribution >= 4 is 34.2 Å². The zero-order chi connectivity index (χ0) is 21.3. The van der Waals surface area contributed by atoms with E-state index in [4.69, 9.17) is 9.73 Å². The van der Waals surface area contributed by atoms with Crippen LogP contribution >= 0.6 is 11.8 Å². The van der Waals surface area contributed by atoms with Crippen molar-refractivity contribution in [3.05, 3.63) is 68.7 Å². The standard InChI is InChI=1S/C20H19N5O4S/c1-3-10-29-16-9-8-12(25(27)28)11-14(16)18-21-15-7-5-4-6-13(15)17-19(26)22-20(30-2)23-24(17)18/h4-9,11,18H,3,10H2,1-2H3,(H,22,23,26). The minimum absolute atomic E-state index is 0.0833. The number of benzene rings is 2. The highest BCUT2D eigenvalue weighted by atomic mass is 32.2. The van der Waals surface area contributed by atoms with E-state index in [9.17, 15) is 14.9 Å². The number of hydrogen-bond donors (Lipinski definition) is 1. The van der Waals surface area contributed by atoms with Gasteiger partial charge >= 0.3 is 0 Å². The molecule has 2 aromatic carbocycles. The van der Waals surface area contributed by atoms with Crippen LogP contribution in [0.25, 0.3) is 5.70 Å². The van der Waals surface area contributed by atoms with Gasteiger partial charge in [-0.2, -0.15) is 0 Å². The fraction of sp³-hybridized carbons (Fsp3) is 0.250. The number of fused-ring (bicyclic) bond motifs is 2. The number of hydrogen-bond acceptors (Lipinski definition) is 8. The average Bonchev–Trinajstić information content (AvgIpc) is 2.76. The Morgan fingerprint density at radius 3 is 2.83 bits per heavy atom. The van der Waals surface area contributed by atoms with E-state index in [0.717, 1.165) is 6.42 Å². The Labute approximate surface area is 176 Å². The first-order valence-corrected chi connectivity index (χ1v) is 10.6. The van der Waals surface area contributed by atoms with E-state index in [-0.39, 0.29) is 11.6 Å². The molecule has 1 N–H and O–H groups in total. The number of non-ortho nitro benzene ring substituents is 1. The van der Waals surface area contributed by atoms with Crippen molar-refractivity contribution in [2.24, 2.45) is 10.1 Å². The Morgan fingerprint density at radius 1 is 1.30 bits per heavy atom. The number of amides is 1. The molecule has 0 aromatic heterocycles. The normalized spacial score (nSPS) is 17.3. The van der Waals surface area contributed by atoms with E-state index in [1.54, 1.807) is 24.5 Å². The molecule has 0 bridgehead atoms. The maximum atomic E-state index is 12.9. The first kappa shape index (κ1) is 19.9. The molecule has 0 radical (unpaired) electrons. The van der Waals surface area contributed by atoms with Crippen LogP contribution in [0.15, 0.2) is 52.6 Å². The van der Waals surface area contributed by atoms with Crippen molar-refractivity contribution in [3.8, 4) is 5.75 Å². The lowest BCUT2D eigenvalue weighted by molar-refractivity contribution is -0.385. The molecule has 1 unspecified atom stereocenters. The van der Waals surface area contributed by atoms with E-state index in [0.29, 0.717) is 39.4 Å². The van der Waals surface area contributed by atoms with Crippen molar-refractivity contribution in [2.45, 2.75) is 19.5 Å². The number of hydrazone groups is 1. The molecule has 10 heteroatoms. The molecule has 0 spiro atoms. The van der Waals surface area contributed by atoms with Gasteiger partial charge in [-0.3, -0.25) is 25.2 Å². The highest BCUT2D eigenvalue weighted by molar-refractivity contribution is 8.13. The highest BCUT2D eigenvalue weighted by Crippen LogP contribution is 2.37. The molecule has 0 saturated heterocycles. The molecule has 2 aliphatic rings. The molecule has 2 heterocycles. The molecule has 154 valence electrons. The number of nitro benzene ring substituents is 1. The minimum Gasteiger partial charge on any atom is -0.493 e. The summed E-state index contributed by atoms with van der Waals surface area (Å²) in [4.78, 5) is 28.6. The predicted molar refractivity (Wildman–Crippen MR) is 113 cm³/mol. The Kier molecular flexibility index (Phi) is 5.40. The fourth-order valence-corrected chi connectivity index (χ4v) is 3.68. The van der Waals surface area contributed by atoms with Gasteiger partial charge in [0.15, 0.2) is 11.3 Å². The number of nitrogens with one attached hydrogen (secondary N) is 1. The molecule has 2 aromatic rings. The topological polar surface area (TPSA) is 109 Å². The number of amidine groups is 1. The van der Waals surface area contributed by atoms with E-state index in [1.807, 2.05) is 19.1 Å². The number of rotatable bonds is 5. The number of nitrogens with zero attached hydrogens (tertiary/aromatic N) is 4. The van der Waals surface area contributed by atoms with E-state index < -0.39 is 11.1 Å². The van der Waals surface area contributed by atoms with Gasteiger partial charge in [-0.1, -0.05) is 36.9 Å². The third kappa shape index (κ3) is 3.50. The summed E-state index contributed by atoms with van der Waals surface area (Å²) >= 11 is 1.29. The summed E-state index contributed by atoms with van der Waals surface area (Å²) in [6.07, 6.45) is 1.80. The first-order valence-electron chi connectivity index (χ1n) is 9.35. The number of carbonyl (C=O) groups is 1. The van der Waals surface area contributed by atoms with Crippen molar-refractivity contribution < 1.29 is 14.5 Å². The number of ether oxygens (including phenoxy) is 1. The van der Waals surface area contributed by atoms with Crippen LogP contribution in [0, 0.1) is 10.1 Å². The van der Waals surface area contributed by atoms with Gasteiger partial charge < -0.3 is 4.74 Å². The highest BCUT2D eigenvalue weighted by Gasteiger charge is 2.36. The third-order valence-electron chi connectivity index (χ3n) is 4.65. The number of nitro groups is 1. The van der Waals surface area contributed by atoms with Gasteiger partial charge in [0.1, 0.15) is 11.4 Å². The van der Waals surface area contributed by atoms with Crippen molar-refractivity contribution in [1.82, 2.24) is 10.3 Å². The van der Waals surface area contributed by atoms with Crippen LogP contribution in [0.4, 0.5) is 5.69 Å². The van der Waals surface area contributed by atoms with Crippen LogP contribution in [-0.4, -0.2) is 33.9 Å². The van der Waals surface area contributed by atoms with Gasteiger partial charge in [-0.25, -0.2) is 5.01 Å². The minimum atomic E-state index is -0.783. The molecule has 4 rings (SSSR count). The van der Waals surface area contributed by atoms with Crippen molar-refractivity contribution in [3.63, 3.8) is 0 Å². The Hall–Kier alpha value is -3.40. The fourth-order valence-electron chi connectivity index (χ4n) is 3.32. The SMILES string of the molecule is CCCOc1ccc([N+](=O)[O-])cc1C1N=c2ccccc2=C2C(=O)NC(SC)=NN21. The van der Waals surface area contributed by atoms with Gasteiger partial charge in [-0.05, 0) is 24.8 Å². The van der Waals surface area contributed by atoms with Crippen LogP contribution in [0.5, 0.6) is 5.75 Å². The second kappa shape index (κ2) is 8.15. The number of carbonyl (C=O) groups excluding carboxylic acids is 1. The zero-order valence-corrected chi connectivity index (χ0v) is 17.2. The molecule has 0 aliphatic carbocycles. The second-order valence-electron chi connectivity index (χ2n) is 6.60. The smallest absolute Gasteiger partial charge is 0.276 e. The maximum Gasteiger partial charge on any atom is 0.276 e. The van der Waals surface area contributed by atoms with Crippen LogP contribution in [0.2, 0.25) is 0 Å². The molecule has 2 aliphatic heterocycles. The van der Waals surface area contributed by atoms with Gasteiger partial charge in [0, 0.05) is 22.9 Å². The Bertz CT molecular complexity index is 1180. The quantitative estimate of drug-likeness (QED) is 0.579. The predicted octanol–water partition coefficient (Wildman–Crippen LogP) is 1.89. The van der Waals surface area contributed by atoms with Crippen molar-refractivity contribution in [1.29, 1.82) is 0 Å². The monoisotopic (exact) mass is 425 g/mol. The van der Waals surface area contributed by atoms with Crippen LogP contribution in [0.3, 0.4) is 0 Å². The molecule has 0 saturated carbocycles. The lowest BCUT2D eigenvalue weighted by Crippen LogP contribution is -2.50. The first-order chi connectivity index (χ1) is 14.5. The van der Waals surface area contributed by atoms with E-state index >= 15 is 0 Å². The summed E-state index contributed by atoms with van der Waals surface area (Å²) in [6, 6.07) is 11.7. The summed E-state index contributed by atoms with van der Waals surface area (Å²) in [6.45, 7) is 2.42. The molecule has 30 heavy (non-hydrogen) atoms. The zero-order valence-electron chi connectivity index (χ0n) is 16.4. The summed E-state index contributed by atoms with van der Waals surface area (Å²) in [5.74, 6) is 0.171. The third-order valence-corrected chi connectivity index (χ3v) is 5.22. The van der Waals surface area contributed by atoms with E-state index in [2.05, 4.69) is 10.4 Å². The molecule has 0 fully saturated rings. The number of thioether (sulfide) groups is 1. The molecular weight excluding hydrogens is 406 g/mol. The van der Waals surface area contributed by atoms with Crippen LogP contribution < -0.4 is 20.6 Å². The van der Waals surface area contributed by atoms with Gasteiger partial charge in [0.25, 0.3) is 11.6 Å². The molecule has 9 nitrogen and oxygen atoms in total. The number of para-hydroxylation sites is 1. The summed E-state index contributed by atoms with van der Waals surface area (Å²) in [5.41, 5.74) is 0.736. The second-order valence-corrected chi connectivity index (χ2v) is 7.40. The lowest BCUT2D eigenvalue weighted by Gasteiger charge is -2.34. The van der Waals surface area contributed by atoms with Crippen LogP contribution in [0.1, 0.15) is 25.1 Å². The Morgan fingerprint density at radius 2 is 2.10 bits per heavy atom. The average molecular weight is 425 g/mol. The van der Waals surface area contributed by atoms with E-state index in [1.165, 1.54) is 28.9 Å². The summed E-state index contributed by atoms with van der Waals surface area (Å²) < 4.78 is 5.85. The largest absolute Gasteiger partial charge is 0.493 e. The van der Waals surface area contributed by atoms with Gasteiger partial charge in [0.2, 0.25) is 0 Å². The molecular formula is C20H19N5O4S. The maximum absolute atomic E-state index is 12.9.